The maximum atomic E-state index is 9.14. The molecule has 11 heavy (non-hydrogen) atoms. The van der Waals surface area contributed by atoms with Crippen molar-refractivity contribution in [2.45, 2.75) is 13.0 Å². The van der Waals surface area contributed by atoms with Crippen molar-refractivity contribution in [3.8, 4) is 12.3 Å². The van der Waals surface area contributed by atoms with Gasteiger partial charge < -0.3 is 5.11 Å². The summed E-state index contributed by atoms with van der Waals surface area (Å²) in [5.74, 6) is 2.51. The Kier molecular flexibility index (Phi) is 2.30. The number of aliphatic hydroxyl groups excluding tert-OH is 1. The van der Waals surface area contributed by atoms with E-state index in [0.29, 0.717) is 0 Å². The molecule has 0 heterocycles. The first-order valence-electron chi connectivity index (χ1n) is 3.48. The van der Waals surface area contributed by atoms with Crippen LogP contribution in [-0.4, -0.2) is 5.11 Å². The van der Waals surface area contributed by atoms with Gasteiger partial charge in [0.15, 0.2) is 0 Å². The molecule has 1 heteroatoms. The molecule has 1 nitrogen and oxygen atoms in total. The smallest absolute Gasteiger partial charge is 0.0761 e. The Morgan fingerprint density at radius 2 is 1.91 bits per heavy atom. The molecule has 0 bridgehead atoms. The number of rotatable bonds is 1. The van der Waals surface area contributed by atoms with E-state index in [4.69, 9.17) is 11.5 Å². The van der Waals surface area contributed by atoms with Crippen molar-refractivity contribution < 1.29 is 5.11 Å². The standard InChI is InChI=1S/C10H10O/c1-3-9-4-6-10(7-5-9)8(2)11/h1,4-8,11H,2H3. The second-order valence-electron chi connectivity index (χ2n) is 2.44. The van der Waals surface area contributed by atoms with Crippen molar-refractivity contribution >= 4 is 0 Å². The second kappa shape index (κ2) is 3.23. The van der Waals surface area contributed by atoms with Gasteiger partial charge in [-0.05, 0) is 24.6 Å². The fourth-order valence-electron chi connectivity index (χ4n) is 0.858. The summed E-state index contributed by atoms with van der Waals surface area (Å²) in [7, 11) is 0. The fraction of sp³-hybridized carbons (Fsp3) is 0.200. The maximum Gasteiger partial charge on any atom is 0.0761 e. The van der Waals surface area contributed by atoms with Gasteiger partial charge in [0.25, 0.3) is 0 Å². The Balaban J connectivity index is 2.94. The lowest BCUT2D eigenvalue weighted by Gasteiger charge is -2.02. The lowest BCUT2D eigenvalue weighted by atomic mass is 10.1. The van der Waals surface area contributed by atoms with Gasteiger partial charge in [-0.15, -0.1) is 6.42 Å². The van der Waals surface area contributed by atoms with Crippen molar-refractivity contribution in [2.24, 2.45) is 0 Å². The summed E-state index contributed by atoms with van der Waals surface area (Å²) < 4.78 is 0. The first-order chi connectivity index (χ1) is 5.24. The molecule has 0 saturated heterocycles. The van der Waals surface area contributed by atoms with Crippen LogP contribution in [-0.2, 0) is 0 Å². The van der Waals surface area contributed by atoms with E-state index in [2.05, 4.69) is 5.92 Å². The minimum absolute atomic E-state index is 0.415. The third-order valence-electron chi connectivity index (χ3n) is 1.56. The van der Waals surface area contributed by atoms with Crippen molar-refractivity contribution in [3.63, 3.8) is 0 Å². The second-order valence-corrected chi connectivity index (χ2v) is 2.44. The molecule has 1 aromatic rings. The van der Waals surface area contributed by atoms with Gasteiger partial charge in [-0.25, -0.2) is 0 Å². The van der Waals surface area contributed by atoms with E-state index in [1.54, 1.807) is 6.92 Å². The molecule has 1 rings (SSSR count). The van der Waals surface area contributed by atoms with Crippen LogP contribution in [0.25, 0.3) is 0 Å². The van der Waals surface area contributed by atoms with Crippen LogP contribution < -0.4 is 0 Å². The number of aliphatic hydroxyl groups is 1. The lowest BCUT2D eigenvalue weighted by molar-refractivity contribution is 0.199. The molecule has 0 aliphatic heterocycles. The predicted molar refractivity (Wildman–Crippen MR) is 45.0 cm³/mol. The van der Waals surface area contributed by atoms with Gasteiger partial charge in [-0.3, -0.25) is 0 Å². The topological polar surface area (TPSA) is 20.2 Å². The molecular weight excluding hydrogens is 136 g/mol. The molecule has 0 spiro atoms. The zero-order chi connectivity index (χ0) is 8.27. The van der Waals surface area contributed by atoms with Crippen LogP contribution in [0, 0.1) is 12.3 Å². The Bertz CT molecular complexity index is 264. The summed E-state index contributed by atoms with van der Waals surface area (Å²) in [6.07, 6.45) is 4.75. The van der Waals surface area contributed by atoms with Gasteiger partial charge >= 0.3 is 0 Å². The monoisotopic (exact) mass is 146 g/mol. The summed E-state index contributed by atoms with van der Waals surface area (Å²) in [6, 6.07) is 7.31. The predicted octanol–water partition coefficient (Wildman–Crippen LogP) is 1.72. The normalized spacial score (nSPS) is 12.1. The highest BCUT2D eigenvalue weighted by atomic mass is 16.3. The first kappa shape index (κ1) is 7.84. The van der Waals surface area contributed by atoms with Crippen molar-refractivity contribution in [1.82, 2.24) is 0 Å². The molecule has 1 atom stereocenters. The Morgan fingerprint density at radius 3 is 2.27 bits per heavy atom. The summed E-state index contributed by atoms with van der Waals surface area (Å²) in [5.41, 5.74) is 1.73. The van der Waals surface area contributed by atoms with Gasteiger partial charge in [0.1, 0.15) is 0 Å². The van der Waals surface area contributed by atoms with Crippen LogP contribution in [0.15, 0.2) is 24.3 Å². The van der Waals surface area contributed by atoms with Crippen molar-refractivity contribution in [3.05, 3.63) is 35.4 Å². The van der Waals surface area contributed by atoms with E-state index in [1.807, 2.05) is 24.3 Å². The van der Waals surface area contributed by atoms with Gasteiger partial charge in [-0.2, -0.15) is 0 Å². The Morgan fingerprint density at radius 1 is 1.36 bits per heavy atom. The molecule has 0 radical (unpaired) electrons. The number of benzene rings is 1. The quantitative estimate of drug-likeness (QED) is 0.598. The average molecular weight is 146 g/mol. The summed E-state index contributed by atoms with van der Waals surface area (Å²) in [5, 5.41) is 9.14. The molecule has 1 N–H and O–H groups in total. The fourth-order valence-corrected chi connectivity index (χ4v) is 0.858. The van der Waals surface area contributed by atoms with Crippen LogP contribution in [0.3, 0.4) is 0 Å². The van der Waals surface area contributed by atoms with Crippen LogP contribution in [0.1, 0.15) is 24.2 Å². The minimum Gasteiger partial charge on any atom is -0.389 e. The molecule has 0 aliphatic carbocycles. The highest BCUT2D eigenvalue weighted by Gasteiger charge is 1.97. The van der Waals surface area contributed by atoms with Gasteiger partial charge in [0.2, 0.25) is 0 Å². The van der Waals surface area contributed by atoms with Gasteiger partial charge in [-0.1, -0.05) is 18.1 Å². The van der Waals surface area contributed by atoms with Crippen LogP contribution >= 0.6 is 0 Å². The minimum atomic E-state index is -0.415. The lowest BCUT2D eigenvalue weighted by Crippen LogP contribution is -1.89. The van der Waals surface area contributed by atoms with E-state index in [0.717, 1.165) is 11.1 Å². The van der Waals surface area contributed by atoms with E-state index in [9.17, 15) is 0 Å². The molecule has 0 aliphatic rings. The molecule has 1 aromatic carbocycles. The summed E-state index contributed by atoms with van der Waals surface area (Å²) in [6.45, 7) is 1.73. The van der Waals surface area contributed by atoms with Crippen molar-refractivity contribution in [1.29, 1.82) is 0 Å². The molecule has 0 fully saturated rings. The third kappa shape index (κ3) is 1.83. The van der Waals surface area contributed by atoms with Gasteiger partial charge in [0.05, 0.1) is 6.10 Å². The van der Waals surface area contributed by atoms with E-state index in [-0.39, 0.29) is 0 Å². The Labute approximate surface area is 66.7 Å². The molecule has 0 saturated carbocycles. The van der Waals surface area contributed by atoms with Crippen LogP contribution in [0.2, 0.25) is 0 Å². The molecule has 0 aromatic heterocycles. The van der Waals surface area contributed by atoms with E-state index >= 15 is 0 Å². The van der Waals surface area contributed by atoms with Gasteiger partial charge in [0, 0.05) is 5.56 Å². The largest absolute Gasteiger partial charge is 0.389 e. The van der Waals surface area contributed by atoms with Crippen LogP contribution in [0.5, 0.6) is 0 Å². The summed E-state index contributed by atoms with van der Waals surface area (Å²) in [4.78, 5) is 0. The number of terminal acetylenes is 1. The first-order valence-corrected chi connectivity index (χ1v) is 3.48. The molecule has 0 amide bonds. The maximum absolute atomic E-state index is 9.14. The van der Waals surface area contributed by atoms with Crippen LogP contribution in [0.4, 0.5) is 0 Å². The highest BCUT2D eigenvalue weighted by molar-refractivity contribution is 5.34. The third-order valence-corrected chi connectivity index (χ3v) is 1.56. The Hall–Kier alpha value is -1.26. The van der Waals surface area contributed by atoms with E-state index < -0.39 is 6.10 Å². The zero-order valence-electron chi connectivity index (χ0n) is 6.41. The molecule has 1 unspecified atom stereocenters. The number of hydrogen-bond donors (Lipinski definition) is 1. The van der Waals surface area contributed by atoms with E-state index in [1.165, 1.54) is 0 Å². The molecule has 56 valence electrons. The number of hydrogen-bond acceptors (Lipinski definition) is 1. The summed E-state index contributed by atoms with van der Waals surface area (Å²) >= 11 is 0. The molecular formula is C10H10O. The highest BCUT2D eigenvalue weighted by Crippen LogP contribution is 2.11. The average Bonchev–Trinajstić information content (AvgIpc) is 2.05. The van der Waals surface area contributed by atoms with Crippen molar-refractivity contribution in [2.75, 3.05) is 0 Å². The zero-order valence-corrected chi connectivity index (χ0v) is 6.41. The SMILES string of the molecule is C#Cc1ccc(C(C)O)cc1.